The molecule has 0 spiro atoms. The normalized spacial score (nSPS) is 23.1. The molecule has 0 bridgehead atoms. The second-order valence-corrected chi connectivity index (χ2v) is 4.56. The number of anilines is 1. The number of nitrogen functional groups attached to an aromatic ring is 1. The summed E-state index contributed by atoms with van der Waals surface area (Å²) in [5.74, 6) is -1.50. The minimum Gasteiger partial charge on any atom is -0.481 e. The van der Waals surface area contributed by atoms with Gasteiger partial charge in [-0.1, -0.05) is 12.1 Å². The maximum absolute atomic E-state index is 11.6. The Bertz CT molecular complexity index is 448. The van der Waals surface area contributed by atoms with Crippen molar-refractivity contribution in [3.8, 4) is 0 Å². The Morgan fingerprint density at radius 3 is 2.44 bits per heavy atom. The highest BCUT2D eigenvalue weighted by Crippen LogP contribution is 2.37. The maximum atomic E-state index is 11.6. The van der Waals surface area contributed by atoms with Crippen LogP contribution >= 0.6 is 0 Å². The molecule has 1 fully saturated rings. The number of carbonyl (C=O) groups excluding carboxylic acids is 1. The smallest absolute Gasteiger partial charge is 0.309 e. The van der Waals surface area contributed by atoms with E-state index >= 15 is 0 Å². The van der Waals surface area contributed by atoms with Crippen LogP contribution in [0.25, 0.3) is 0 Å². The summed E-state index contributed by atoms with van der Waals surface area (Å²) in [4.78, 5) is 24.4. The van der Waals surface area contributed by atoms with Crippen LogP contribution in [0.1, 0.15) is 24.9 Å². The Morgan fingerprint density at radius 1 is 1.33 bits per heavy atom. The van der Waals surface area contributed by atoms with Gasteiger partial charge in [0.15, 0.2) is 0 Å². The molecule has 1 aromatic rings. The lowest BCUT2D eigenvalue weighted by Crippen LogP contribution is -2.31. The van der Waals surface area contributed by atoms with Crippen molar-refractivity contribution in [2.24, 2.45) is 5.92 Å². The lowest BCUT2D eigenvalue weighted by atomic mass is 9.93. The van der Waals surface area contributed by atoms with Gasteiger partial charge in [0, 0.05) is 19.2 Å². The molecule has 1 amide bonds. The first-order valence-corrected chi connectivity index (χ1v) is 5.86. The molecule has 2 atom stereocenters. The molecular weight excluding hydrogens is 232 g/mol. The molecule has 2 rings (SSSR count). The van der Waals surface area contributed by atoms with E-state index in [-0.39, 0.29) is 11.9 Å². The summed E-state index contributed by atoms with van der Waals surface area (Å²) < 4.78 is 0. The first-order chi connectivity index (χ1) is 8.50. The Hall–Kier alpha value is -2.04. The second-order valence-electron chi connectivity index (χ2n) is 4.56. The van der Waals surface area contributed by atoms with Crippen molar-refractivity contribution in [2.75, 3.05) is 12.3 Å². The third-order valence-corrected chi connectivity index (χ3v) is 3.40. The van der Waals surface area contributed by atoms with Crippen LogP contribution in [0.15, 0.2) is 24.3 Å². The van der Waals surface area contributed by atoms with Crippen molar-refractivity contribution >= 4 is 17.6 Å². The summed E-state index contributed by atoms with van der Waals surface area (Å²) >= 11 is 0. The predicted octanol–water partition coefficient (Wildman–Crippen LogP) is 1.26. The Balaban J connectivity index is 2.37. The van der Waals surface area contributed by atoms with Gasteiger partial charge in [-0.2, -0.15) is 0 Å². The number of carboxylic acid groups (broad SMARTS) is 1. The van der Waals surface area contributed by atoms with Gasteiger partial charge in [0.05, 0.1) is 12.0 Å². The van der Waals surface area contributed by atoms with Gasteiger partial charge < -0.3 is 15.7 Å². The average Bonchev–Trinajstić information content (AvgIpc) is 2.74. The van der Waals surface area contributed by atoms with E-state index in [0.717, 1.165) is 5.56 Å². The van der Waals surface area contributed by atoms with E-state index < -0.39 is 11.9 Å². The van der Waals surface area contributed by atoms with Crippen LogP contribution in [0.3, 0.4) is 0 Å². The fourth-order valence-electron chi connectivity index (χ4n) is 2.51. The maximum Gasteiger partial charge on any atom is 0.309 e. The number of rotatable bonds is 2. The standard InChI is InChI=1S/C13H16N2O3/c1-8(16)15-7-6-11(13(17)18)12(15)9-2-4-10(14)5-3-9/h2-5,11-12H,6-7,14H2,1H3,(H,17,18). The second kappa shape index (κ2) is 4.68. The van der Waals surface area contributed by atoms with Crippen LogP contribution in [0.2, 0.25) is 0 Å². The zero-order valence-corrected chi connectivity index (χ0v) is 10.2. The first kappa shape index (κ1) is 12.4. The van der Waals surface area contributed by atoms with E-state index in [1.165, 1.54) is 6.92 Å². The van der Waals surface area contributed by atoms with Gasteiger partial charge in [0.1, 0.15) is 0 Å². The van der Waals surface area contributed by atoms with Gasteiger partial charge in [-0.25, -0.2) is 0 Å². The van der Waals surface area contributed by atoms with Gasteiger partial charge in [-0.3, -0.25) is 9.59 Å². The highest BCUT2D eigenvalue weighted by Gasteiger charge is 2.40. The van der Waals surface area contributed by atoms with E-state index in [2.05, 4.69) is 0 Å². The largest absolute Gasteiger partial charge is 0.481 e. The molecule has 5 nitrogen and oxygen atoms in total. The van der Waals surface area contributed by atoms with Crippen LogP contribution < -0.4 is 5.73 Å². The van der Waals surface area contributed by atoms with Crippen molar-refractivity contribution in [2.45, 2.75) is 19.4 Å². The fraction of sp³-hybridized carbons (Fsp3) is 0.385. The summed E-state index contributed by atoms with van der Waals surface area (Å²) in [6.07, 6.45) is 0.490. The fourth-order valence-corrected chi connectivity index (χ4v) is 2.51. The van der Waals surface area contributed by atoms with Crippen molar-refractivity contribution in [1.82, 2.24) is 4.90 Å². The van der Waals surface area contributed by atoms with E-state index in [1.807, 2.05) is 0 Å². The number of hydrogen-bond donors (Lipinski definition) is 2. The van der Waals surface area contributed by atoms with E-state index in [9.17, 15) is 14.7 Å². The van der Waals surface area contributed by atoms with Gasteiger partial charge in [-0.05, 0) is 24.1 Å². The van der Waals surface area contributed by atoms with Gasteiger partial charge >= 0.3 is 5.97 Å². The summed E-state index contributed by atoms with van der Waals surface area (Å²) in [6, 6.07) is 6.64. The number of nitrogens with two attached hydrogens (primary N) is 1. The van der Waals surface area contributed by atoms with Crippen molar-refractivity contribution < 1.29 is 14.7 Å². The number of aliphatic carboxylic acids is 1. The Kier molecular flexibility index (Phi) is 3.23. The molecule has 1 aliphatic heterocycles. The zero-order chi connectivity index (χ0) is 13.3. The van der Waals surface area contributed by atoms with Crippen molar-refractivity contribution in [1.29, 1.82) is 0 Å². The lowest BCUT2D eigenvalue weighted by molar-refractivity contribution is -0.143. The number of likely N-dealkylation sites (tertiary alicyclic amines) is 1. The summed E-state index contributed by atoms with van der Waals surface area (Å²) in [6.45, 7) is 1.95. The monoisotopic (exact) mass is 248 g/mol. The third-order valence-electron chi connectivity index (χ3n) is 3.40. The van der Waals surface area contributed by atoms with Gasteiger partial charge in [0.25, 0.3) is 0 Å². The van der Waals surface area contributed by atoms with Crippen molar-refractivity contribution in [3.05, 3.63) is 29.8 Å². The summed E-state index contributed by atoms with van der Waals surface area (Å²) in [5, 5.41) is 9.24. The van der Waals surface area contributed by atoms with Crippen LogP contribution in [-0.4, -0.2) is 28.4 Å². The van der Waals surface area contributed by atoms with Crippen molar-refractivity contribution in [3.63, 3.8) is 0 Å². The summed E-state index contributed by atoms with van der Waals surface area (Å²) in [7, 11) is 0. The van der Waals surface area contributed by atoms with Crippen LogP contribution in [0.4, 0.5) is 5.69 Å². The molecule has 1 aromatic carbocycles. The highest BCUT2D eigenvalue weighted by atomic mass is 16.4. The number of benzene rings is 1. The molecule has 3 N–H and O–H groups in total. The topological polar surface area (TPSA) is 83.6 Å². The number of amides is 1. The van der Waals surface area contributed by atoms with Gasteiger partial charge in [0.2, 0.25) is 5.91 Å². The minimum absolute atomic E-state index is 0.0967. The molecule has 0 radical (unpaired) electrons. The van der Waals surface area contributed by atoms with E-state index in [0.29, 0.717) is 18.7 Å². The zero-order valence-electron chi connectivity index (χ0n) is 10.2. The lowest BCUT2D eigenvalue weighted by Gasteiger charge is -2.26. The minimum atomic E-state index is -0.861. The Labute approximate surface area is 105 Å². The summed E-state index contributed by atoms with van der Waals surface area (Å²) in [5.41, 5.74) is 7.06. The molecule has 1 heterocycles. The molecule has 0 saturated carbocycles. The average molecular weight is 248 g/mol. The number of carboxylic acids is 1. The highest BCUT2D eigenvalue weighted by molar-refractivity contribution is 5.78. The molecule has 18 heavy (non-hydrogen) atoms. The molecule has 1 aliphatic rings. The molecular formula is C13H16N2O3. The number of hydrogen-bond acceptors (Lipinski definition) is 3. The van der Waals surface area contributed by atoms with E-state index in [4.69, 9.17) is 5.73 Å². The molecule has 2 unspecified atom stereocenters. The molecule has 0 aromatic heterocycles. The third kappa shape index (κ3) is 2.16. The first-order valence-electron chi connectivity index (χ1n) is 5.86. The quantitative estimate of drug-likeness (QED) is 0.772. The number of carbonyl (C=O) groups is 2. The van der Waals surface area contributed by atoms with E-state index in [1.54, 1.807) is 29.2 Å². The van der Waals surface area contributed by atoms with Crippen LogP contribution in [0, 0.1) is 5.92 Å². The SMILES string of the molecule is CC(=O)N1CCC(C(=O)O)C1c1ccc(N)cc1. The molecule has 5 heteroatoms. The molecule has 1 saturated heterocycles. The van der Waals surface area contributed by atoms with Crippen LogP contribution in [0.5, 0.6) is 0 Å². The predicted molar refractivity (Wildman–Crippen MR) is 66.7 cm³/mol. The van der Waals surface area contributed by atoms with Gasteiger partial charge in [-0.15, -0.1) is 0 Å². The molecule has 0 aliphatic carbocycles. The molecule has 96 valence electrons. The van der Waals surface area contributed by atoms with Crippen LogP contribution in [-0.2, 0) is 9.59 Å². The number of nitrogens with zero attached hydrogens (tertiary/aromatic N) is 1. The Morgan fingerprint density at radius 2 is 1.94 bits per heavy atom.